The van der Waals surface area contributed by atoms with Crippen LogP contribution >= 0.6 is 0 Å². The van der Waals surface area contributed by atoms with Crippen molar-refractivity contribution in [3.8, 4) is 0 Å². The molecule has 0 saturated carbocycles. The van der Waals surface area contributed by atoms with Crippen LogP contribution in [0.25, 0.3) is 0 Å². The summed E-state index contributed by atoms with van der Waals surface area (Å²) in [6, 6.07) is -0.395. The van der Waals surface area contributed by atoms with Gasteiger partial charge in [-0.3, -0.25) is 9.59 Å². The Hall–Kier alpha value is -1.76. The number of nitrogens with one attached hydrogen (secondary N) is 1. The summed E-state index contributed by atoms with van der Waals surface area (Å²) in [7, 11) is 1.61. The predicted molar refractivity (Wildman–Crippen MR) is 72.9 cm³/mol. The third-order valence-electron chi connectivity index (χ3n) is 2.80. The summed E-state index contributed by atoms with van der Waals surface area (Å²) in [5.41, 5.74) is -0.701. The van der Waals surface area contributed by atoms with Gasteiger partial charge in [0.1, 0.15) is 6.33 Å². The Morgan fingerprint density at radius 2 is 2.10 bits per heavy atom. The van der Waals surface area contributed by atoms with Crippen LogP contribution in [0, 0.1) is 5.41 Å². The Kier molecular flexibility index (Phi) is 5.38. The van der Waals surface area contributed by atoms with Crippen molar-refractivity contribution in [2.24, 2.45) is 5.41 Å². The van der Waals surface area contributed by atoms with Crippen LogP contribution in [-0.2, 0) is 20.9 Å². The molecule has 0 aromatic carbocycles. The maximum atomic E-state index is 11.9. The van der Waals surface area contributed by atoms with Crippen molar-refractivity contribution in [1.82, 2.24) is 20.1 Å². The number of carbonyl (C=O) groups is 2. The van der Waals surface area contributed by atoms with Crippen LogP contribution in [-0.4, -0.2) is 40.2 Å². The second-order valence-electron chi connectivity index (χ2n) is 5.65. The van der Waals surface area contributed by atoms with Gasteiger partial charge >= 0.3 is 0 Å². The van der Waals surface area contributed by atoms with Gasteiger partial charge in [-0.2, -0.15) is 0 Å². The molecule has 112 valence electrons. The smallest absolute Gasteiger partial charge is 0.288 e. The van der Waals surface area contributed by atoms with Gasteiger partial charge in [0.15, 0.2) is 5.82 Å². The molecule has 0 spiro atoms. The molecule has 0 aliphatic rings. The first-order chi connectivity index (χ1) is 9.27. The fourth-order valence-corrected chi connectivity index (χ4v) is 1.63. The topological polar surface area (TPSA) is 86.1 Å². The first kappa shape index (κ1) is 16.3. The maximum Gasteiger partial charge on any atom is 0.288 e. The zero-order valence-corrected chi connectivity index (χ0v) is 12.6. The first-order valence-electron chi connectivity index (χ1n) is 6.49. The molecule has 1 heterocycles. The SMILES string of the molecule is COCCn1cnnc1[C@H](C)NC(=O)C(=O)C(C)(C)C. The van der Waals surface area contributed by atoms with E-state index in [0.29, 0.717) is 19.0 Å². The molecule has 1 N–H and O–H groups in total. The molecule has 0 radical (unpaired) electrons. The van der Waals surface area contributed by atoms with Gasteiger partial charge in [0.05, 0.1) is 12.6 Å². The van der Waals surface area contributed by atoms with E-state index in [9.17, 15) is 9.59 Å². The lowest BCUT2D eigenvalue weighted by molar-refractivity contribution is -0.142. The maximum absolute atomic E-state index is 11.9. The number of nitrogens with zero attached hydrogens (tertiary/aromatic N) is 3. The van der Waals surface area contributed by atoms with Crippen LogP contribution in [0.4, 0.5) is 0 Å². The summed E-state index contributed by atoms with van der Waals surface area (Å²) in [6.07, 6.45) is 1.57. The van der Waals surface area contributed by atoms with Crippen molar-refractivity contribution in [2.75, 3.05) is 13.7 Å². The molecule has 20 heavy (non-hydrogen) atoms. The van der Waals surface area contributed by atoms with Gasteiger partial charge in [0.2, 0.25) is 5.78 Å². The van der Waals surface area contributed by atoms with Crippen molar-refractivity contribution in [2.45, 2.75) is 40.3 Å². The third kappa shape index (κ3) is 4.12. The van der Waals surface area contributed by atoms with Crippen molar-refractivity contribution < 1.29 is 14.3 Å². The van der Waals surface area contributed by atoms with Crippen molar-refractivity contribution in [3.63, 3.8) is 0 Å². The van der Waals surface area contributed by atoms with Crippen LogP contribution in [0.3, 0.4) is 0 Å². The third-order valence-corrected chi connectivity index (χ3v) is 2.80. The number of ether oxygens (including phenoxy) is 1. The van der Waals surface area contributed by atoms with Crippen LogP contribution in [0.2, 0.25) is 0 Å². The number of Topliss-reactive ketones (excluding diaryl/α,β-unsaturated/α-hetero) is 1. The van der Waals surface area contributed by atoms with Gasteiger partial charge in [-0.15, -0.1) is 10.2 Å². The Morgan fingerprint density at radius 3 is 2.65 bits per heavy atom. The average Bonchev–Trinajstić information content (AvgIpc) is 2.82. The minimum absolute atomic E-state index is 0.395. The molecule has 0 aliphatic carbocycles. The lowest BCUT2D eigenvalue weighted by atomic mass is 9.90. The minimum Gasteiger partial charge on any atom is -0.383 e. The van der Waals surface area contributed by atoms with E-state index in [0.717, 1.165) is 0 Å². The monoisotopic (exact) mass is 282 g/mol. The van der Waals surface area contributed by atoms with Gasteiger partial charge in [0.25, 0.3) is 5.91 Å². The second kappa shape index (κ2) is 6.60. The van der Waals surface area contributed by atoms with Gasteiger partial charge in [-0.1, -0.05) is 20.8 Å². The largest absolute Gasteiger partial charge is 0.383 e. The van der Waals surface area contributed by atoms with E-state index in [2.05, 4.69) is 15.5 Å². The zero-order chi connectivity index (χ0) is 15.3. The summed E-state index contributed by atoms with van der Waals surface area (Å²) in [6.45, 7) is 8.00. The molecule has 0 unspecified atom stereocenters. The highest BCUT2D eigenvalue weighted by molar-refractivity contribution is 6.37. The zero-order valence-electron chi connectivity index (χ0n) is 12.6. The standard InChI is InChI=1S/C13H22N4O3/c1-9(15-12(19)10(18)13(2,3)4)11-16-14-8-17(11)6-7-20-5/h8-9H,6-7H2,1-5H3,(H,15,19)/t9-/m0/s1. The van der Waals surface area contributed by atoms with E-state index in [1.54, 1.807) is 45.7 Å². The van der Waals surface area contributed by atoms with Crippen molar-refractivity contribution in [1.29, 1.82) is 0 Å². The molecule has 1 rings (SSSR count). The molecule has 0 fully saturated rings. The van der Waals surface area contributed by atoms with Gasteiger partial charge in [-0.25, -0.2) is 0 Å². The number of methoxy groups -OCH3 is 1. The van der Waals surface area contributed by atoms with E-state index in [1.807, 2.05) is 0 Å². The summed E-state index contributed by atoms with van der Waals surface area (Å²) < 4.78 is 6.78. The van der Waals surface area contributed by atoms with Gasteiger partial charge in [0, 0.05) is 19.1 Å². The van der Waals surface area contributed by atoms with Crippen molar-refractivity contribution in [3.05, 3.63) is 12.2 Å². The molecule has 0 bridgehead atoms. The molecule has 1 aromatic rings. The normalized spacial score (nSPS) is 13.1. The van der Waals surface area contributed by atoms with Crippen LogP contribution < -0.4 is 5.32 Å². The molecule has 1 aromatic heterocycles. The molecular formula is C13H22N4O3. The quantitative estimate of drug-likeness (QED) is 0.777. The molecule has 0 aliphatic heterocycles. The number of amides is 1. The summed E-state index contributed by atoms with van der Waals surface area (Å²) in [4.78, 5) is 23.7. The lowest BCUT2D eigenvalue weighted by Gasteiger charge is -2.19. The van der Waals surface area contributed by atoms with E-state index in [-0.39, 0.29) is 0 Å². The molecule has 7 nitrogen and oxygen atoms in total. The Balaban J connectivity index is 2.72. The van der Waals surface area contributed by atoms with Crippen LogP contribution in [0.15, 0.2) is 6.33 Å². The second-order valence-corrected chi connectivity index (χ2v) is 5.65. The number of aromatic nitrogens is 3. The van der Waals surface area contributed by atoms with Crippen LogP contribution in [0.5, 0.6) is 0 Å². The average molecular weight is 282 g/mol. The fraction of sp³-hybridized carbons (Fsp3) is 0.692. The van der Waals surface area contributed by atoms with E-state index < -0.39 is 23.1 Å². The lowest BCUT2D eigenvalue weighted by Crippen LogP contribution is -2.40. The first-order valence-corrected chi connectivity index (χ1v) is 6.49. The highest BCUT2D eigenvalue weighted by Gasteiger charge is 2.29. The number of rotatable bonds is 6. The number of carbonyl (C=O) groups excluding carboxylic acids is 2. The highest BCUT2D eigenvalue weighted by Crippen LogP contribution is 2.16. The number of ketones is 1. The molecular weight excluding hydrogens is 260 g/mol. The van der Waals surface area contributed by atoms with Crippen molar-refractivity contribution >= 4 is 11.7 Å². The van der Waals surface area contributed by atoms with Crippen LogP contribution in [0.1, 0.15) is 39.6 Å². The number of hydrogen-bond acceptors (Lipinski definition) is 5. The molecule has 1 atom stereocenters. The van der Waals surface area contributed by atoms with E-state index in [4.69, 9.17) is 4.74 Å². The van der Waals surface area contributed by atoms with E-state index in [1.165, 1.54) is 0 Å². The molecule has 7 heteroatoms. The summed E-state index contributed by atoms with van der Waals surface area (Å²) in [5, 5.41) is 10.4. The van der Waals surface area contributed by atoms with Gasteiger partial charge in [-0.05, 0) is 6.92 Å². The molecule has 0 saturated heterocycles. The summed E-state index contributed by atoms with van der Waals surface area (Å²) >= 11 is 0. The predicted octanol–water partition coefficient (Wildman–Crippen LogP) is 0.717. The minimum atomic E-state index is -0.701. The summed E-state index contributed by atoms with van der Waals surface area (Å²) in [5.74, 6) is -0.462. The Labute approximate surface area is 118 Å². The Morgan fingerprint density at radius 1 is 1.45 bits per heavy atom. The number of hydrogen-bond donors (Lipinski definition) is 1. The molecule has 1 amide bonds. The Bertz CT molecular complexity index is 476. The van der Waals surface area contributed by atoms with E-state index >= 15 is 0 Å². The highest BCUT2D eigenvalue weighted by atomic mass is 16.5. The fourth-order valence-electron chi connectivity index (χ4n) is 1.63. The van der Waals surface area contributed by atoms with Gasteiger partial charge < -0.3 is 14.6 Å².